The predicted octanol–water partition coefficient (Wildman–Crippen LogP) is 3.98. The number of nitrogens with one attached hydrogen (secondary N) is 1. The van der Waals surface area contributed by atoms with Crippen LogP contribution < -0.4 is 4.74 Å². The first-order valence-electron chi connectivity index (χ1n) is 9.20. The van der Waals surface area contributed by atoms with Gasteiger partial charge in [-0.3, -0.25) is 4.79 Å². The molecule has 1 amide bonds. The molecule has 3 heterocycles. The number of aromatic amines is 1. The van der Waals surface area contributed by atoms with E-state index in [4.69, 9.17) is 4.74 Å². The Morgan fingerprint density at radius 1 is 1.23 bits per heavy atom. The Balaban J connectivity index is 1.42. The van der Waals surface area contributed by atoms with Gasteiger partial charge in [0.2, 0.25) is 0 Å². The highest BCUT2D eigenvalue weighted by Crippen LogP contribution is 2.33. The minimum absolute atomic E-state index is 0.104. The van der Waals surface area contributed by atoms with Crippen LogP contribution in [0.25, 0.3) is 11.0 Å². The summed E-state index contributed by atoms with van der Waals surface area (Å²) in [6.45, 7) is 4.14. The number of hydrogen-bond acceptors (Lipinski definition) is 3. The van der Waals surface area contributed by atoms with E-state index in [9.17, 15) is 4.79 Å². The maximum Gasteiger partial charge on any atom is 0.253 e. The van der Waals surface area contributed by atoms with E-state index in [1.807, 2.05) is 42.2 Å². The number of likely N-dealkylation sites (tertiary alicyclic amines) is 1. The van der Waals surface area contributed by atoms with Gasteiger partial charge in [0.15, 0.2) is 0 Å². The van der Waals surface area contributed by atoms with Gasteiger partial charge in [-0.2, -0.15) is 0 Å². The van der Waals surface area contributed by atoms with Crippen molar-refractivity contribution >= 4 is 16.9 Å². The second kappa shape index (κ2) is 7.20. The molecular weight excluding hydrogens is 326 g/mol. The fourth-order valence-corrected chi connectivity index (χ4v) is 3.75. The maximum atomic E-state index is 12.7. The molecule has 0 bridgehead atoms. The number of H-pyrrole nitrogens is 1. The molecule has 1 saturated heterocycles. The molecule has 3 aromatic rings. The molecule has 0 radical (unpaired) electrons. The molecule has 2 aromatic heterocycles. The van der Waals surface area contributed by atoms with Crippen LogP contribution in [0.3, 0.4) is 0 Å². The van der Waals surface area contributed by atoms with Crippen LogP contribution in [-0.4, -0.2) is 40.5 Å². The van der Waals surface area contributed by atoms with Crippen LogP contribution in [0.2, 0.25) is 0 Å². The van der Waals surface area contributed by atoms with E-state index in [-0.39, 0.29) is 5.91 Å². The van der Waals surface area contributed by atoms with Crippen molar-refractivity contribution in [3.05, 3.63) is 59.9 Å². The monoisotopic (exact) mass is 349 g/mol. The zero-order valence-corrected chi connectivity index (χ0v) is 14.9. The number of piperidine rings is 1. The second-order valence-electron chi connectivity index (χ2n) is 6.67. The summed E-state index contributed by atoms with van der Waals surface area (Å²) in [5, 5.41) is 1.20. The van der Waals surface area contributed by atoms with E-state index in [2.05, 4.69) is 22.2 Å². The molecule has 0 saturated carbocycles. The molecular formula is C21H23N3O2. The number of carbonyl (C=O) groups is 1. The molecule has 5 nitrogen and oxygen atoms in total. The molecule has 1 aliphatic heterocycles. The highest BCUT2D eigenvalue weighted by molar-refractivity contribution is 5.94. The molecule has 0 spiro atoms. The van der Waals surface area contributed by atoms with E-state index in [1.54, 1.807) is 6.20 Å². The summed E-state index contributed by atoms with van der Waals surface area (Å²) in [6, 6.07) is 11.5. The summed E-state index contributed by atoms with van der Waals surface area (Å²) >= 11 is 0. The average Bonchev–Trinajstić information content (AvgIpc) is 3.13. The number of benzene rings is 1. The summed E-state index contributed by atoms with van der Waals surface area (Å²) < 4.78 is 5.44. The van der Waals surface area contributed by atoms with Gasteiger partial charge in [0.05, 0.1) is 6.61 Å². The van der Waals surface area contributed by atoms with Gasteiger partial charge in [-0.25, -0.2) is 4.98 Å². The lowest BCUT2D eigenvalue weighted by Gasteiger charge is -2.32. The quantitative estimate of drug-likeness (QED) is 0.775. The largest absolute Gasteiger partial charge is 0.494 e. The Bertz CT molecular complexity index is 893. The average molecular weight is 349 g/mol. The van der Waals surface area contributed by atoms with Gasteiger partial charge in [0.1, 0.15) is 11.4 Å². The number of ether oxygens (including phenoxy) is 1. The lowest BCUT2D eigenvalue weighted by Crippen LogP contribution is -2.37. The Hall–Kier alpha value is -2.82. The summed E-state index contributed by atoms with van der Waals surface area (Å²) in [6.07, 6.45) is 5.84. The molecule has 26 heavy (non-hydrogen) atoms. The van der Waals surface area contributed by atoms with Crippen molar-refractivity contribution in [3.8, 4) is 5.75 Å². The molecule has 0 unspecified atom stereocenters. The SMILES string of the molecule is CCOc1ccc(C(=O)N2CCC(c3c[nH]c4ncccc34)CC2)cc1. The van der Waals surface area contributed by atoms with Crippen LogP contribution in [0.5, 0.6) is 5.75 Å². The second-order valence-corrected chi connectivity index (χ2v) is 6.67. The molecule has 0 atom stereocenters. The molecule has 0 aliphatic carbocycles. The fourth-order valence-electron chi connectivity index (χ4n) is 3.75. The Morgan fingerprint density at radius 3 is 2.73 bits per heavy atom. The maximum absolute atomic E-state index is 12.7. The van der Waals surface area contributed by atoms with Crippen LogP contribution in [0, 0.1) is 0 Å². The molecule has 5 heteroatoms. The van der Waals surface area contributed by atoms with E-state index < -0.39 is 0 Å². The van der Waals surface area contributed by atoms with Crippen LogP contribution in [0.15, 0.2) is 48.8 Å². The molecule has 1 aliphatic rings. The van der Waals surface area contributed by atoms with Gasteiger partial charge in [0, 0.05) is 36.4 Å². The van der Waals surface area contributed by atoms with Gasteiger partial charge >= 0.3 is 0 Å². The number of pyridine rings is 1. The first-order chi connectivity index (χ1) is 12.8. The summed E-state index contributed by atoms with van der Waals surface area (Å²) in [5.41, 5.74) is 2.99. The standard InChI is InChI=1S/C21H23N3O2/c1-2-26-17-7-5-16(6-8-17)21(25)24-12-9-15(10-13-24)19-14-23-20-18(19)4-3-11-22-20/h3-8,11,14-15H,2,9-10,12-13H2,1H3,(H,22,23). The molecule has 1 N–H and O–H groups in total. The van der Waals surface area contributed by atoms with Crippen LogP contribution in [-0.2, 0) is 0 Å². The number of fused-ring (bicyclic) bond motifs is 1. The van der Waals surface area contributed by atoms with Gasteiger partial charge in [0.25, 0.3) is 5.91 Å². The van der Waals surface area contributed by atoms with Crippen molar-refractivity contribution in [2.45, 2.75) is 25.7 Å². The van der Waals surface area contributed by atoms with Crippen molar-refractivity contribution in [3.63, 3.8) is 0 Å². The lowest BCUT2D eigenvalue weighted by molar-refractivity contribution is 0.0713. The highest BCUT2D eigenvalue weighted by Gasteiger charge is 2.26. The van der Waals surface area contributed by atoms with Crippen molar-refractivity contribution < 1.29 is 9.53 Å². The van der Waals surface area contributed by atoms with Crippen molar-refractivity contribution in [1.82, 2.24) is 14.9 Å². The third-order valence-corrected chi connectivity index (χ3v) is 5.12. The number of rotatable bonds is 4. The summed E-state index contributed by atoms with van der Waals surface area (Å²) in [5.74, 6) is 1.38. The topological polar surface area (TPSA) is 58.2 Å². The first-order valence-corrected chi connectivity index (χ1v) is 9.20. The van der Waals surface area contributed by atoms with E-state index in [1.165, 1.54) is 10.9 Å². The number of carbonyl (C=O) groups excluding carboxylic acids is 1. The number of amides is 1. The van der Waals surface area contributed by atoms with Crippen LogP contribution in [0.4, 0.5) is 0 Å². The Kier molecular flexibility index (Phi) is 4.61. The molecule has 1 fully saturated rings. The number of nitrogens with zero attached hydrogens (tertiary/aromatic N) is 2. The van der Waals surface area contributed by atoms with E-state index in [0.717, 1.165) is 42.9 Å². The van der Waals surface area contributed by atoms with Gasteiger partial charge in [-0.15, -0.1) is 0 Å². The minimum Gasteiger partial charge on any atom is -0.494 e. The fraction of sp³-hybridized carbons (Fsp3) is 0.333. The van der Waals surface area contributed by atoms with E-state index >= 15 is 0 Å². The normalized spacial score (nSPS) is 15.3. The predicted molar refractivity (Wildman–Crippen MR) is 102 cm³/mol. The molecule has 4 rings (SSSR count). The van der Waals surface area contributed by atoms with E-state index in [0.29, 0.717) is 12.5 Å². The van der Waals surface area contributed by atoms with Crippen LogP contribution in [0.1, 0.15) is 41.6 Å². The highest BCUT2D eigenvalue weighted by atomic mass is 16.5. The zero-order valence-electron chi connectivity index (χ0n) is 14.9. The van der Waals surface area contributed by atoms with Crippen molar-refractivity contribution in [2.24, 2.45) is 0 Å². The lowest BCUT2D eigenvalue weighted by atomic mass is 9.89. The summed E-state index contributed by atoms with van der Waals surface area (Å²) in [7, 11) is 0. The Morgan fingerprint density at radius 2 is 2.00 bits per heavy atom. The summed E-state index contributed by atoms with van der Waals surface area (Å²) in [4.78, 5) is 22.3. The number of hydrogen-bond donors (Lipinski definition) is 1. The number of aromatic nitrogens is 2. The minimum atomic E-state index is 0.104. The van der Waals surface area contributed by atoms with Crippen molar-refractivity contribution in [1.29, 1.82) is 0 Å². The first kappa shape index (κ1) is 16.6. The van der Waals surface area contributed by atoms with Gasteiger partial charge in [-0.05, 0) is 67.6 Å². The third-order valence-electron chi connectivity index (χ3n) is 5.12. The van der Waals surface area contributed by atoms with Crippen LogP contribution >= 0.6 is 0 Å². The Labute approximate surface area is 153 Å². The molecule has 134 valence electrons. The van der Waals surface area contributed by atoms with Crippen molar-refractivity contribution in [2.75, 3.05) is 19.7 Å². The van der Waals surface area contributed by atoms with Gasteiger partial charge in [-0.1, -0.05) is 0 Å². The zero-order chi connectivity index (χ0) is 17.9. The van der Waals surface area contributed by atoms with Gasteiger partial charge < -0.3 is 14.6 Å². The third kappa shape index (κ3) is 3.17. The molecule has 1 aromatic carbocycles. The smallest absolute Gasteiger partial charge is 0.253 e.